The Bertz CT molecular complexity index is 666. The highest BCUT2D eigenvalue weighted by Gasteiger charge is 2.18. The number of carbonyl (C=O) groups is 2. The number of nitrogens with one attached hydrogen (secondary N) is 1. The summed E-state index contributed by atoms with van der Waals surface area (Å²) < 4.78 is 14.7. The Labute approximate surface area is 114 Å². The lowest BCUT2D eigenvalue weighted by Crippen LogP contribution is -2.28. The number of aryl methyl sites for hydroxylation is 1. The molecule has 1 amide bonds. The number of amides is 1. The lowest BCUT2D eigenvalue weighted by Gasteiger charge is -2.05. The zero-order valence-corrected chi connectivity index (χ0v) is 10.9. The molecule has 0 unspecified atom stereocenters. The number of imidazole rings is 1. The minimum atomic E-state index is -0.995. The molecule has 7 heteroatoms. The summed E-state index contributed by atoms with van der Waals surface area (Å²) in [6.45, 7) is 1.85. The first-order valence-corrected chi connectivity index (χ1v) is 6.19. The van der Waals surface area contributed by atoms with Gasteiger partial charge in [-0.2, -0.15) is 0 Å². The van der Waals surface area contributed by atoms with E-state index in [9.17, 15) is 14.0 Å². The average Bonchev–Trinajstić information content (AvgIpc) is 2.75. The molecule has 0 saturated carbocycles. The quantitative estimate of drug-likeness (QED) is 0.862. The molecule has 0 radical (unpaired) electrons. The van der Waals surface area contributed by atoms with E-state index in [-0.39, 0.29) is 18.7 Å². The Morgan fingerprint density at radius 2 is 2.20 bits per heavy atom. The molecule has 0 fully saturated rings. The van der Waals surface area contributed by atoms with E-state index < -0.39 is 17.7 Å². The predicted octanol–water partition coefficient (Wildman–Crippen LogP) is 1.24. The van der Waals surface area contributed by atoms with Crippen LogP contribution in [0.25, 0.3) is 5.65 Å². The van der Waals surface area contributed by atoms with E-state index in [1.165, 1.54) is 22.7 Å². The molecule has 0 atom stereocenters. The number of hydrogen-bond donors (Lipinski definition) is 2. The maximum absolute atomic E-state index is 13.3. The first-order valence-electron chi connectivity index (χ1n) is 6.19. The van der Waals surface area contributed by atoms with Gasteiger partial charge in [-0.15, -0.1) is 0 Å². The third-order valence-corrected chi connectivity index (χ3v) is 2.83. The highest BCUT2D eigenvalue weighted by molar-refractivity contribution is 5.94. The molecule has 2 rings (SSSR count). The SMILES string of the molecule is CCc1nc2ccc(F)cn2c1C(=O)NCCC(=O)O. The molecular formula is C13H14FN3O3. The van der Waals surface area contributed by atoms with Crippen LogP contribution in [0.1, 0.15) is 29.5 Å². The van der Waals surface area contributed by atoms with Gasteiger partial charge in [-0.05, 0) is 18.6 Å². The Morgan fingerprint density at radius 1 is 1.45 bits per heavy atom. The van der Waals surface area contributed by atoms with E-state index in [1.54, 1.807) is 0 Å². The van der Waals surface area contributed by atoms with Gasteiger partial charge in [-0.3, -0.25) is 14.0 Å². The van der Waals surface area contributed by atoms with Crippen molar-refractivity contribution in [2.45, 2.75) is 19.8 Å². The minimum Gasteiger partial charge on any atom is -0.481 e. The van der Waals surface area contributed by atoms with Crippen LogP contribution in [0.2, 0.25) is 0 Å². The molecule has 2 N–H and O–H groups in total. The highest BCUT2D eigenvalue weighted by Crippen LogP contribution is 2.14. The molecule has 20 heavy (non-hydrogen) atoms. The number of carbonyl (C=O) groups excluding carboxylic acids is 1. The van der Waals surface area contributed by atoms with E-state index in [0.29, 0.717) is 17.8 Å². The molecule has 2 heterocycles. The normalized spacial score (nSPS) is 10.7. The molecular weight excluding hydrogens is 265 g/mol. The van der Waals surface area contributed by atoms with E-state index in [4.69, 9.17) is 5.11 Å². The molecule has 2 aromatic rings. The van der Waals surface area contributed by atoms with Crippen molar-refractivity contribution in [3.8, 4) is 0 Å². The Balaban J connectivity index is 2.33. The fraction of sp³-hybridized carbons (Fsp3) is 0.308. The molecule has 0 aliphatic carbocycles. The fourth-order valence-corrected chi connectivity index (χ4v) is 1.92. The zero-order valence-electron chi connectivity index (χ0n) is 10.9. The topological polar surface area (TPSA) is 83.7 Å². The first kappa shape index (κ1) is 14.0. The lowest BCUT2D eigenvalue weighted by atomic mass is 10.2. The summed E-state index contributed by atoms with van der Waals surface area (Å²) in [5.41, 5.74) is 1.27. The number of aliphatic carboxylic acids is 1. The summed E-state index contributed by atoms with van der Waals surface area (Å²) in [7, 11) is 0. The van der Waals surface area contributed by atoms with Gasteiger partial charge >= 0.3 is 5.97 Å². The molecule has 0 saturated heterocycles. The van der Waals surface area contributed by atoms with Crippen molar-refractivity contribution < 1.29 is 19.1 Å². The second-order valence-electron chi connectivity index (χ2n) is 4.24. The van der Waals surface area contributed by atoms with Gasteiger partial charge in [-0.1, -0.05) is 6.92 Å². The second kappa shape index (κ2) is 5.68. The Morgan fingerprint density at radius 3 is 2.85 bits per heavy atom. The van der Waals surface area contributed by atoms with Crippen LogP contribution in [0.15, 0.2) is 18.3 Å². The van der Waals surface area contributed by atoms with Crippen LogP contribution in [0.4, 0.5) is 4.39 Å². The standard InChI is InChI=1S/C13H14FN3O3/c1-2-9-12(13(20)15-6-5-11(18)19)17-7-8(14)3-4-10(17)16-9/h3-4,7H,2,5-6H2,1H3,(H,15,20)(H,18,19). The van der Waals surface area contributed by atoms with Gasteiger partial charge in [0.05, 0.1) is 12.1 Å². The van der Waals surface area contributed by atoms with Crippen LogP contribution >= 0.6 is 0 Å². The van der Waals surface area contributed by atoms with E-state index in [2.05, 4.69) is 10.3 Å². The molecule has 0 spiro atoms. The number of hydrogen-bond acceptors (Lipinski definition) is 3. The number of carboxylic acid groups (broad SMARTS) is 1. The average molecular weight is 279 g/mol. The molecule has 0 aromatic carbocycles. The van der Waals surface area contributed by atoms with Crippen molar-refractivity contribution in [2.24, 2.45) is 0 Å². The number of pyridine rings is 1. The van der Waals surface area contributed by atoms with Crippen LogP contribution in [0.3, 0.4) is 0 Å². The van der Waals surface area contributed by atoms with Crippen LogP contribution in [-0.2, 0) is 11.2 Å². The van der Waals surface area contributed by atoms with Crippen molar-refractivity contribution in [2.75, 3.05) is 6.54 Å². The Hall–Kier alpha value is -2.44. The molecule has 0 aliphatic heterocycles. The second-order valence-corrected chi connectivity index (χ2v) is 4.24. The molecule has 0 aliphatic rings. The zero-order chi connectivity index (χ0) is 14.7. The van der Waals surface area contributed by atoms with Gasteiger partial charge in [0.25, 0.3) is 5.91 Å². The van der Waals surface area contributed by atoms with E-state index in [0.717, 1.165) is 0 Å². The van der Waals surface area contributed by atoms with Gasteiger partial charge in [0.15, 0.2) is 0 Å². The van der Waals surface area contributed by atoms with Crippen molar-refractivity contribution in [3.05, 3.63) is 35.5 Å². The largest absolute Gasteiger partial charge is 0.481 e. The first-order chi connectivity index (χ1) is 9.52. The van der Waals surface area contributed by atoms with Crippen molar-refractivity contribution in [3.63, 3.8) is 0 Å². The smallest absolute Gasteiger partial charge is 0.305 e. The van der Waals surface area contributed by atoms with Gasteiger partial charge in [0, 0.05) is 12.7 Å². The summed E-state index contributed by atoms with van der Waals surface area (Å²) >= 11 is 0. The summed E-state index contributed by atoms with van der Waals surface area (Å²) in [5, 5.41) is 11.0. The van der Waals surface area contributed by atoms with Crippen LogP contribution in [0.5, 0.6) is 0 Å². The molecule has 0 bridgehead atoms. The summed E-state index contributed by atoms with van der Waals surface area (Å²) in [6, 6.07) is 2.76. The van der Waals surface area contributed by atoms with Crippen molar-refractivity contribution >= 4 is 17.5 Å². The number of nitrogens with zero attached hydrogens (tertiary/aromatic N) is 2. The van der Waals surface area contributed by atoms with Crippen LogP contribution < -0.4 is 5.32 Å². The van der Waals surface area contributed by atoms with Crippen molar-refractivity contribution in [1.82, 2.24) is 14.7 Å². The Kier molecular flexibility index (Phi) is 3.97. The lowest BCUT2D eigenvalue weighted by molar-refractivity contribution is -0.136. The van der Waals surface area contributed by atoms with E-state index >= 15 is 0 Å². The number of rotatable bonds is 5. The third kappa shape index (κ3) is 2.76. The van der Waals surface area contributed by atoms with E-state index in [1.807, 2.05) is 6.92 Å². The van der Waals surface area contributed by atoms with Gasteiger partial charge < -0.3 is 10.4 Å². The minimum absolute atomic E-state index is 0.0138. The maximum atomic E-state index is 13.3. The van der Waals surface area contributed by atoms with Gasteiger partial charge in [0.2, 0.25) is 0 Å². The molecule has 6 nitrogen and oxygen atoms in total. The third-order valence-electron chi connectivity index (χ3n) is 2.83. The highest BCUT2D eigenvalue weighted by atomic mass is 19.1. The van der Waals surface area contributed by atoms with Gasteiger partial charge in [0.1, 0.15) is 17.2 Å². The maximum Gasteiger partial charge on any atom is 0.305 e. The predicted molar refractivity (Wildman–Crippen MR) is 69.1 cm³/mol. The van der Waals surface area contributed by atoms with Gasteiger partial charge in [-0.25, -0.2) is 9.37 Å². The summed E-state index contributed by atoms with van der Waals surface area (Å²) in [6.07, 6.45) is 1.54. The summed E-state index contributed by atoms with van der Waals surface area (Å²) in [5.74, 6) is -1.93. The number of carboxylic acids is 1. The fourth-order valence-electron chi connectivity index (χ4n) is 1.92. The molecule has 2 aromatic heterocycles. The monoisotopic (exact) mass is 279 g/mol. The number of aromatic nitrogens is 2. The van der Waals surface area contributed by atoms with Crippen LogP contribution in [0, 0.1) is 5.82 Å². The number of fused-ring (bicyclic) bond motifs is 1. The van der Waals surface area contributed by atoms with Crippen molar-refractivity contribution in [1.29, 1.82) is 0 Å². The van der Waals surface area contributed by atoms with Crippen LogP contribution in [-0.4, -0.2) is 32.9 Å². The number of halogens is 1. The molecule has 106 valence electrons. The summed E-state index contributed by atoms with van der Waals surface area (Å²) in [4.78, 5) is 26.8.